The van der Waals surface area contributed by atoms with E-state index in [2.05, 4.69) is 15.6 Å². The molecular formula is C11H10F2N4. The van der Waals surface area contributed by atoms with Gasteiger partial charge in [-0.15, -0.1) is 5.10 Å². The smallest absolute Gasteiger partial charge is 0.168 e. The van der Waals surface area contributed by atoms with Crippen molar-refractivity contribution >= 4 is 0 Å². The first-order chi connectivity index (χ1) is 8.25. The fourth-order valence-corrected chi connectivity index (χ4v) is 1.74. The van der Waals surface area contributed by atoms with Crippen molar-refractivity contribution in [2.24, 2.45) is 0 Å². The molecule has 0 amide bonds. The molecule has 0 atom stereocenters. The summed E-state index contributed by atoms with van der Waals surface area (Å²) in [6.45, 7) is 1.66. The van der Waals surface area contributed by atoms with Crippen LogP contribution >= 0.6 is 0 Å². The summed E-state index contributed by atoms with van der Waals surface area (Å²) in [5.41, 5.74) is 0.498. The van der Waals surface area contributed by atoms with Crippen molar-refractivity contribution in [3.8, 4) is 11.3 Å². The Kier molecular flexibility index (Phi) is 2.36. The largest absolute Gasteiger partial charge is 0.312 e. The van der Waals surface area contributed by atoms with Gasteiger partial charge in [0, 0.05) is 18.7 Å². The second-order valence-electron chi connectivity index (χ2n) is 4.00. The van der Waals surface area contributed by atoms with Crippen LogP contribution in [0.2, 0.25) is 0 Å². The van der Waals surface area contributed by atoms with Crippen LogP contribution in [-0.2, 0) is 0 Å². The fourth-order valence-electron chi connectivity index (χ4n) is 1.74. The molecule has 1 fully saturated rings. The third-order valence-electron chi connectivity index (χ3n) is 2.87. The van der Waals surface area contributed by atoms with E-state index in [-0.39, 0.29) is 11.6 Å². The van der Waals surface area contributed by atoms with Crippen molar-refractivity contribution in [2.45, 2.75) is 6.04 Å². The number of aromatic nitrogens is 3. The molecule has 6 heteroatoms. The molecule has 0 saturated carbocycles. The second-order valence-corrected chi connectivity index (χ2v) is 4.00. The molecule has 0 unspecified atom stereocenters. The van der Waals surface area contributed by atoms with E-state index >= 15 is 0 Å². The SMILES string of the molecule is Fc1cccc(-c2cn(C3CNC3)nn2)c1F. The minimum Gasteiger partial charge on any atom is -0.312 e. The lowest BCUT2D eigenvalue weighted by molar-refractivity contribution is 0.313. The highest BCUT2D eigenvalue weighted by Gasteiger charge is 2.21. The average molecular weight is 236 g/mol. The molecule has 17 heavy (non-hydrogen) atoms. The molecule has 0 bridgehead atoms. The van der Waals surface area contributed by atoms with E-state index in [0.717, 1.165) is 19.2 Å². The first-order valence-corrected chi connectivity index (χ1v) is 5.32. The average Bonchev–Trinajstić information content (AvgIpc) is 2.68. The number of nitrogens with one attached hydrogen (secondary N) is 1. The van der Waals surface area contributed by atoms with E-state index in [4.69, 9.17) is 0 Å². The third kappa shape index (κ3) is 1.70. The quantitative estimate of drug-likeness (QED) is 0.856. The first-order valence-electron chi connectivity index (χ1n) is 5.32. The van der Waals surface area contributed by atoms with Gasteiger partial charge < -0.3 is 5.32 Å². The summed E-state index contributed by atoms with van der Waals surface area (Å²) in [6.07, 6.45) is 1.64. The maximum absolute atomic E-state index is 13.5. The molecule has 1 aliphatic heterocycles. The zero-order valence-corrected chi connectivity index (χ0v) is 8.90. The highest BCUT2D eigenvalue weighted by molar-refractivity contribution is 5.58. The van der Waals surface area contributed by atoms with Crippen LogP contribution in [0.15, 0.2) is 24.4 Å². The molecule has 1 saturated heterocycles. The summed E-state index contributed by atoms with van der Waals surface area (Å²) in [7, 11) is 0. The van der Waals surface area contributed by atoms with Gasteiger partial charge >= 0.3 is 0 Å². The fraction of sp³-hybridized carbons (Fsp3) is 0.273. The molecule has 0 aliphatic carbocycles. The van der Waals surface area contributed by atoms with Gasteiger partial charge in [-0.1, -0.05) is 11.3 Å². The van der Waals surface area contributed by atoms with Crippen molar-refractivity contribution in [2.75, 3.05) is 13.1 Å². The van der Waals surface area contributed by atoms with Gasteiger partial charge in [-0.2, -0.15) is 0 Å². The molecule has 4 nitrogen and oxygen atoms in total. The first kappa shape index (κ1) is 10.3. The van der Waals surface area contributed by atoms with Crippen LogP contribution in [-0.4, -0.2) is 28.1 Å². The lowest BCUT2D eigenvalue weighted by Crippen LogP contribution is -2.43. The normalized spacial score (nSPS) is 15.9. The standard InChI is InChI=1S/C11H10F2N4/c12-9-3-1-2-8(11(9)13)10-6-17(16-15-10)7-4-14-5-7/h1-3,6-7,14H,4-5H2. The molecule has 1 aliphatic rings. The Morgan fingerprint density at radius 1 is 1.29 bits per heavy atom. The Hall–Kier alpha value is -1.82. The Balaban J connectivity index is 1.97. The summed E-state index contributed by atoms with van der Waals surface area (Å²) in [5.74, 6) is -1.76. The molecule has 2 aromatic rings. The van der Waals surface area contributed by atoms with Gasteiger partial charge in [0.2, 0.25) is 0 Å². The van der Waals surface area contributed by atoms with Crippen molar-refractivity contribution in [1.82, 2.24) is 20.3 Å². The monoisotopic (exact) mass is 236 g/mol. The molecule has 0 radical (unpaired) electrons. The summed E-state index contributed by atoms with van der Waals surface area (Å²) >= 11 is 0. The van der Waals surface area contributed by atoms with Gasteiger partial charge in [-0.3, -0.25) is 0 Å². The maximum Gasteiger partial charge on any atom is 0.168 e. The third-order valence-corrected chi connectivity index (χ3v) is 2.87. The predicted molar refractivity (Wildman–Crippen MR) is 57.3 cm³/mol. The minimum absolute atomic E-state index is 0.142. The molecule has 2 heterocycles. The summed E-state index contributed by atoms with van der Waals surface area (Å²) in [5, 5.41) is 10.9. The maximum atomic E-state index is 13.5. The van der Waals surface area contributed by atoms with E-state index in [1.807, 2.05) is 0 Å². The van der Waals surface area contributed by atoms with Crippen LogP contribution in [0.1, 0.15) is 6.04 Å². The Morgan fingerprint density at radius 3 is 2.82 bits per heavy atom. The van der Waals surface area contributed by atoms with Crippen molar-refractivity contribution in [3.63, 3.8) is 0 Å². The number of hydrogen-bond donors (Lipinski definition) is 1. The topological polar surface area (TPSA) is 42.7 Å². The van der Waals surface area contributed by atoms with Gasteiger partial charge in [0.1, 0.15) is 5.69 Å². The number of halogens is 2. The van der Waals surface area contributed by atoms with Crippen LogP contribution in [0.3, 0.4) is 0 Å². The zero-order valence-electron chi connectivity index (χ0n) is 8.90. The molecule has 1 N–H and O–H groups in total. The number of hydrogen-bond acceptors (Lipinski definition) is 3. The van der Waals surface area contributed by atoms with Crippen LogP contribution in [0.5, 0.6) is 0 Å². The highest BCUT2D eigenvalue weighted by atomic mass is 19.2. The van der Waals surface area contributed by atoms with Gasteiger partial charge in [-0.05, 0) is 12.1 Å². The molecule has 1 aromatic carbocycles. The molecule has 3 rings (SSSR count). The van der Waals surface area contributed by atoms with Crippen LogP contribution in [0, 0.1) is 11.6 Å². The lowest BCUT2D eigenvalue weighted by atomic mass is 10.1. The van der Waals surface area contributed by atoms with E-state index in [1.165, 1.54) is 12.1 Å². The van der Waals surface area contributed by atoms with E-state index in [1.54, 1.807) is 10.9 Å². The Labute approximate surface area is 96.3 Å². The van der Waals surface area contributed by atoms with E-state index < -0.39 is 11.6 Å². The van der Waals surface area contributed by atoms with Crippen LogP contribution in [0.4, 0.5) is 8.78 Å². The van der Waals surface area contributed by atoms with E-state index in [0.29, 0.717) is 5.69 Å². The van der Waals surface area contributed by atoms with Gasteiger partial charge in [0.25, 0.3) is 0 Å². The molecule has 88 valence electrons. The molecule has 0 spiro atoms. The van der Waals surface area contributed by atoms with Crippen molar-refractivity contribution < 1.29 is 8.78 Å². The van der Waals surface area contributed by atoms with Crippen LogP contribution < -0.4 is 5.32 Å². The highest BCUT2D eigenvalue weighted by Crippen LogP contribution is 2.23. The van der Waals surface area contributed by atoms with Crippen molar-refractivity contribution in [3.05, 3.63) is 36.0 Å². The van der Waals surface area contributed by atoms with E-state index in [9.17, 15) is 8.78 Å². The number of benzene rings is 1. The number of nitrogens with zero attached hydrogens (tertiary/aromatic N) is 3. The lowest BCUT2D eigenvalue weighted by Gasteiger charge is -2.26. The zero-order chi connectivity index (χ0) is 11.8. The second kappa shape index (κ2) is 3.89. The molecule has 1 aromatic heterocycles. The molecular weight excluding hydrogens is 226 g/mol. The van der Waals surface area contributed by atoms with Crippen molar-refractivity contribution in [1.29, 1.82) is 0 Å². The van der Waals surface area contributed by atoms with Gasteiger partial charge in [-0.25, -0.2) is 13.5 Å². The summed E-state index contributed by atoms with van der Waals surface area (Å²) < 4.78 is 28.3. The Morgan fingerprint density at radius 2 is 2.12 bits per heavy atom. The minimum atomic E-state index is -0.883. The number of rotatable bonds is 2. The summed E-state index contributed by atoms with van der Waals surface area (Å²) in [6, 6.07) is 4.29. The Bertz CT molecular complexity index is 548. The van der Waals surface area contributed by atoms with Gasteiger partial charge in [0.15, 0.2) is 11.6 Å². The van der Waals surface area contributed by atoms with Gasteiger partial charge in [0.05, 0.1) is 12.2 Å². The summed E-state index contributed by atoms with van der Waals surface area (Å²) in [4.78, 5) is 0. The predicted octanol–water partition coefficient (Wildman–Crippen LogP) is 1.37. The van der Waals surface area contributed by atoms with Crippen LogP contribution in [0.25, 0.3) is 11.3 Å².